The molecule has 1 heterocycles. The molecule has 0 aliphatic heterocycles. The minimum absolute atomic E-state index is 0.0876. The fourth-order valence-corrected chi connectivity index (χ4v) is 3.70. The zero-order valence-corrected chi connectivity index (χ0v) is 19.5. The van der Waals surface area contributed by atoms with Crippen LogP contribution in [0.1, 0.15) is 50.6 Å². The summed E-state index contributed by atoms with van der Waals surface area (Å²) in [5.41, 5.74) is 4.16. The Bertz CT molecular complexity index is 1010. The predicted molar refractivity (Wildman–Crippen MR) is 127 cm³/mol. The lowest BCUT2D eigenvalue weighted by Gasteiger charge is -2.17. The number of ether oxygens (including phenoxy) is 1. The molecule has 0 radical (unpaired) electrons. The van der Waals surface area contributed by atoms with Gasteiger partial charge in [0.1, 0.15) is 11.6 Å². The maximum atomic E-state index is 12.1. The van der Waals surface area contributed by atoms with Crippen LogP contribution in [0.2, 0.25) is 0 Å². The van der Waals surface area contributed by atoms with Gasteiger partial charge in [-0.1, -0.05) is 51.1 Å². The smallest absolute Gasteiger partial charge is 0.225 e. The van der Waals surface area contributed by atoms with Crippen LogP contribution in [-0.4, -0.2) is 28.6 Å². The predicted octanol–water partition coefficient (Wildman–Crippen LogP) is 5.22. The zero-order valence-electron chi connectivity index (χ0n) is 19.5. The lowest BCUT2D eigenvalue weighted by Crippen LogP contribution is -2.35. The van der Waals surface area contributed by atoms with E-state index >= 15 is 0 Å². The van der Waals surface area contributed by atoms with E-state index in [1.807, 2.05) is 26.8 Å². The van der Waals surface area contributed by atoms with Crippen molar-refractivity contribution in [3.8, 4) is 5.75 Å². The van der Waals surface area contributed by atoms with Crippen LogP contribution in [0.5, 0.6) is 5.75 Å². The summed E-state index contributed by atoms with van der Waals surface area (Å²) in [5.74, 6) is 2.15. The van der Waals surface area contributed by atoms with Crippen LogP contribution in [0.4, 0.5) is 0 Å². The molecule has 0 aliphatic carbocycles. The van der Waals surface area contributed by atoms with Gasteiger partial charge in [-0.15, -0.1) is 0 Å². The van der Waals surface area contributed by atoms with Crippen LogP contribution >= 0.6 is 0 Å². The fraction of sp³-hybridized carbons (Fsp3) is 0.462. The van der Waals surface area contributed by atoms with Crippen molar-refractivity contribution in [3.63, 3.8) is 0 Å². The van der Waals surface area contributed by atoms with E-state index in [4.69, 9.17) is 9.72 Å². The average Bonchev–Trinajstić information content (AvgIpc) is 3.07. The number of carbonyl (C=O) groups excluding carboxylic acids is 1. The summed E-state index contributed by atoms with van der Waals surface area (Å²) in [7, 11) is 0. The molecule has 5 heteroatoms. The van der Waals surface area contributed by atoms with Crippen LogP contribution in [-0.2, 0) is 17.8 Å². The summed E-state index contributed by atoms with van der Waals surface area (Å²) in [6.07, 6.45) is 2.60. The normalized spacial score (nSPS) is 11.6. The quantitative estimate of drug-likeness (QED) is 0.482. The van der Waals surface area contributed by atoms with Crippen LogP contribution in [0.15, 0.2) is 42.5 Å². The Hall–Kier alpha value is -2.82. The number of nitrogens with zero attached hydrogens (tertiary/aromatic N) is 2. The number of rotatable bonds is 9. The number of hydrogen-bond acceptors (Lipinski definition) is 3. The van der Waals surface area contributed by atoms with Gasteiger partial charge < -0.3 is 14.6 Å². The van der Waals surface area contributed by atoms with Crippen LogP contribution in [0.25, 0.3) is 11.0 Å². The van der Waals surface area contributed by atoms with E-state index in [2.05, 4.69) is 60.1 Å². The van der Waals surface area contributed by atoms with Crippen LogP contribution < -0.4 is 10.1 Å². The molecule has 5 nitrogen and oxygen atoms in total. The van der Waals surface area contributed by atoms with E-state index in [-0.39, 0.29) is 11.3 Å². The molecule has 0 unspecified atom stereocenters. The van der Waals surface area contributed by atoms with E-state index in [1.165, 1.54) is 11.1 Å². The molecule has 166 valence electrons. The van der Waals surface area contributed by atoms with Gasteiger partial charge >= 0.3 is 0 Å². The Morgan fingerprint density at radius 3 is 2.45 bits per heavy atom. The van der Waals surface area contributed by atoms with E-state index < -0.39 is 0 Å². The maximum Gasteiger partial charge on any atom is 0.225 e. The summed E-state index contributed by atoms with van der Waals surface area (Å²) < 4.78 is 8.39. The fourth-order valence-electron chi connectivity index (χ4n) is 3.70. The van der Waals surface area contributed by atoms with Crippen LogP contribution in [0, 0.1) is 19.3 Å². The molecule has 1 aromatic heterocycles. The van der Waals surface area contributed by atoms with Gasteiger partial charge in [0.2, 0.25) is 5.91 Å². The summed E-state index contributed by atoms with van der Waals surface area (Å²) in [4.78, 5) is 16.9. The topological polar surface area (TPSA) is 56.1 Å². The number of hydrogen-bond donors (Lipinski definition) is 1. The SMILES string of the molecule is Cc1cccc(C)c1OCCCn1c(CCCNC(=O)C(C)(C)C)nc2ccccc21. The van der Waals surface area contributed by atoms with Gasteiger partial charge in [-0.3, -0.25) is 4.79 Å². The number of benzene rings is 2. The monoisotopic (exact) mass is 421 g/mol. The van der Waals surface area contributed by atoms with Crippen molar-refractivity contribution in [1.82, 2.24) is 14.9 Å². The lowest BCUT2D eigenvalue weighted by atomic mass is 9.96. The summed E-state index contributed by atoms with van der Waals surface area (Å²) >= 11 is 0. The number of carbonyl (C=O) groups is 1. The highest BCUT2D eigenvalue weighted by Crippen LogP contribution is 2.23. The van der Waals surface area contributed by atoms with Gasteiger partial charge in [-0.25, -0.2) is 4.98 Å². The van der Waals surface area contributed by atoms with Gasteiger partial charge in [0, 0.05) is 24.9 Å². The van der Waals surface area contributed by atoms with Crippen molar-refractivity contribution in [3.05, 3.63) is 59.4 Å². The van der Waals surface area contributed by atoms with Gasteiger partial charge in [0.25, 0.3) is 0 Å². The maximum absolute atomic E-state index is 12.1. The molecule has 3 aromatic rings. The van der Waals surface area contributed by atoms with Crippen LogP contribution in [0.3, 0.4) is 0 Å². The standard InChI is InChI=1S/C26H35N3O2/c1-19-11-8-12-20(2)24(19)31-18-10-17-29-22-14-7-6-13-21(22)28-23(29)15-9-16-27-25(30)26(3,4)5/h6-8,11-14H,9-10,15-18H2,1-5H3,(H,27,30). The first-order chi connectivity index (χ1) is 14.8. The molecular formula is C26H35N3O2. The third kappa shape index (κ3) is 5.87. The molecule has 0 bridgehead atoms. The van der Waals surface area contributed by atoms with Gasteiger partial charge in [-0.2, -0.15) is 0 Å². The Balaban J connectivity index is 1.60. The van der Waals surface area contributed by atoms with E-state index in [0.29, 0.717) is 13.2 Å². The van der Waals surface area contributed by atoms with Crippen molar-refractivity contribution >= 4 is 16.9 Å². The Morgan fingerprint density at radius 1 is 1.03 bits per heavy atom. The molecule has 31 heavy (non-hydrogen) atoms. The molecule has 3 rings (SSSR count). The van der Waals surface area contributed by atoms with Crippen molar-refractivity contribution < 1.29 is 9.53 Å². The number of para-hydroxylation sites is 3. The van der Waals surface area contributed by atoms with E-state index in [0.717, 1.165) is 48.4 Å². The molecule has 0 saturated heterocycles. The highest BCUT2D eigenvalue weighted by Gasteiger charge is 2.20. The second-order valence-corrected chi connectivity index (χ2v) is 9.20. The Morgan fingerprint density at radius 2 is 1.74 bits per heavy atom. The number of aryl methyl sites for hydroxylation is 4. The average molecular weight is 422 g/mol. The summed E-state index contributed by atoms with van der Waals surface area (Å²) in [5, 5.41) is 3.03. The van der Waals surface area contributed by atoms with Crippen molar-refractivity contribution in [2.24, 2.45) is 5.41 Å². The highest BCUT2D eigenvalue weighted by atomic mass is 16.5. The molecule has 1 amide bonds. The lowest BCUT2D eigenvalue weighted by molar-refractivity contribution is -0.128. The van der Waals surface area contributed by atoms with E-state index in [9.17, 15) is 4.79 Å². The third-order valence-electron chi connectivity index (χ3n) is 5.46. The minimum atomic E-state index is -0.359. The summed E-state index contributed by atoms with van der Waals surface area (Å²) in [6, 6.07) is 14.5. The van der Waals surface area contributed by atoms with Gasteiger partial charge in [0.05, 0.1) is 17.6 Å². The summed E-state index contributed by atoms with van der Waals surface area (Å²) in [6.45, 7) is 12.2. The first-order valence-corrected chi connectivity index (χ1v) is 11.2. The number of amides is 1. The largest absolute Gasteiger partial charge is 0.493 e. The second kappa shape index (κ2) is 9.99. The molecule has 0 spiro atoms. The second-order valence-electron chi connectivity index (χ2n) is 9.20. The van der Waals surface area contributed by atoms with Crippen molar-refractivity contribution in [2.45, 2.75) is 60.4 Å². The molecular weight excluding hydrogens is 386 g/mol. The Kier molecular flexibility index (Phi) is 7.37. The first kappa shape index (κ1) is 22.9. The zero-order chi connectivity index (χ0) is 22.4. The molecule has 1 N–H and O–H groups in total. The molecule has 0 saturated carbocycles. The van der Waals surface area contributed by atoms with Gasteiger partial charge in [0.15, 0.2) is 0 Å². The highest BCUT2D eigenvalue weighted by molar-refractivity contribution is 5.81. The number of fused-ring (bicyclic) bond motifs is 1. The van der Waals surface area contributed by atoms with Crippen molar-refractivity contribution in [1.29, 1.82) is 0 Å². The minimum Gasteiger partial charge on any atom is -0.493 e. The number of nitrogens with one attached hydrogen (secondary N) is 1. The van der Waals surface area contributed by atoms with E-state index in [1.54, 1.807) is 0 Å². The molecule has 0 fully saturated rings. The molecule has 2 aromatic carbocycles. The number of imidazole rings is 1. The van der Waals surface area contributed by atoms with Crippen molar-refractivity contribution in [2.75, 3.05) is 13.2 Å². The first-order valence-electron chi connectivity index (χ1n) is 11.2. The third-order valence-corrected chi connectivity index (χ3v) is 5.46. The van der Waals surface area contributed by atoms with Gasteiger partial charge in [-0.05, 0) is 49.9 Å². The number of aromatic nitrogens is 2. The molecule has 0 atom stereocenters. The Labute approximate surface area is 185 Å². The molecule has 0 aliphatic rings.